The lowest BCUT2D eigenvalue weighted by Crippen LogP contribution is -2.48. The van der Waals surface area contributed by atoms with Crippen molar-refractivity contribution in [3.8, 4) is 0 Å². The van der Waals surface area contributed by atoms with Crippen molar-refractivity contribution in [2.75, 3.05) is 6.61 Å². The fourth-order valence-electron chi connectivity index (χ4n) is 1.59. The van der Waals surface area contributed by atoms with Crippen LogP contribution in [0.3, 0.4) is 0 Å². The summed E-state index contributed by atoms with van der Waals surface area (Å²) in [6, 6.07) is 0. The molecule has 1 amide bonds. The average Bonchev–Trinajstić information content (AvgIpc) is 2.82. The van der Waals surface area contributed by atoms with E-state index in [1.807, 2.05) is 6.92 Å². The van der Waals surface area contributed by atoms with Crippen LogP contribution in [0.25, 0.3) is 5.52 Å². The molecule has 2 rings (SSSR count). The molecule has 2 heterocycles. The number of nitrogens with one attached hydrogen (secondary N) is 1. The minimum absolute atomic E-state index is 0.104. The number of carbonyl (C=O) groups excluding carboxylic acids is 1. The average molecular weight is 248 g/mol. The molecule has 0 saturated carbocycles. The lowest BCUT2D eigenvalue weighted by Gasteiger charge is -2.26. The van der Waals surface area contributed by atoms with E-state index >= 15 is 0 Å². The minimum Gasteiger partial charge on any atom is -0.394 e. The van der Waals surface area contributed by atoms with E-state index in [9.17, 15) is 9.90 Å². The maximum Gasteiger partial charge on any atom is 0.255 e. The lowest BCUT2D eigenvalue weighted by molar-refractivity contribution is 0.0849. The number of hydrogen-bond acceptors (Lipinski definition) is 4. The molecule has 2 aromatic rings. The molecule has 0 aromatic carbocycles. The monoisotopic (exact) mass is 248 g/mol. The molecule has 6 nitrogen and oxygen atoms in total. The Morgan fingerprint density at radius 1 is 1.56 bits per heavy atom. The smallest absolute Gasteiger partial charge is 0.255 e. The van der Waals surface area contributed by atoms with Gasteiger partial charge >= 0.3 is 0 Å². The number of rotatable bonds is 4. The van der Waals surface area contributed by atoms with Gasteiger partial charge in [-0.25, -0.2) is 4.52 Å². The van der Waals surface area contributed by atoms with Crippen molar-refractivity contribution in [3.05, 3.63) is 30.4 Å². The number of aliphatic hydroxyl groups is 1. The van der Waals surface area contributed by atoms with Crippen LogP contribution in [0.15, 0.2) is 24.8 Å². The van der Waals surface area contributed by atoms with E-state index in [-0.39, 0.29) is 12.5 Å². The predicted octanol–water partition coefficient (Wildman–Crippen LogP) is 0.620. The number of aliphatic hydroxyl groups excluding tert-OH is 1. The zero-order chi connectivity index (χ0) is 13.2. The van der Waals surface area contributed by atoms with Gasteiger partial charge in [-0.05, 0) is 13.3 Å². The Morgan fingerprint density at radius 2 is 2.33 bits per heavy atom. The van der Waals surface area contributed by atoms with Gasteiger partial charge in [0.05, 0.1) is 35.6 Å². The minimum atomic E-state index is -0.618. The highest BCUT2D eigenvalue weighted by Gasteiger charge is 2.25. The molecule has 0 bridgehead atoms. The van der Waals surface area contributed by atoms with Crippen molar-refractivity contribution in [2.24, 2.45) is 0 Å². The second-order valence-electron chi connectivity index (χ2n) is 4.49. The summed E-state index contributed by atoms with van der Waals surface area (Å²) >= 11 is 0. The Hall–Kier alpha value is -1.95. The normalized spacial score (nSPS) is 14.4. The summed E-state index contributed by atoms with van der Waals surface area (Å²) in [4.78, 5) is 16.1. The fraction of sp³-hybridized carbons (Fsp3) is 0.417. The first-order valence-corrected chi connectivity index (χ1v) is 5.80. The number of fused-ring (bicyclic) bond motifs is 1. The van der Waals surface area contributed by atoms with Crippen molar-refractivity contribution >= 4 is 11.4 Å². The molecule has 0 aliphatic heterocycles. The molecule has 18 heavy (non-hydrogen) atoms. The summed E-state index contributed by atoms with van der Waals surface area (Å²) in [5.41, 5.74) is 0.482. The summed E-state index contributed by atoms with van der Waals surface area (Å²) in [5.74, 6) is -0.253. The van der Waals surface area contributed by atoms with Crippen molar-refractivity contribution in [1.29, 1.82) is 0 Å². The molecule has 2 N–H and O–H groups in total. The maximum atomic E-state index is 12.1. The molecule has 0 fully saturated rings. The summed E-state index contributed by atoms with van der Waals surface area (Å²) in [6.07, 6.45) is 7.01. The summed E-state index contributed by atoms with van der Waals surface area (Å²) in [5, 5.41) is 16.2. The molecule has 0 aliphatic rings. The van der Waals surface area contributed by atoms with Crippen LogP contribution in [0.2, 0.25) is 0 Å². The quantitative estimate of drug-likeness (QED) is 0.831. The topological polar surface area (TPSA) is 79.5 Å². The number of nitrogens with zero attached hydrogens (tertiary/aromatic N) is 3. The highest BCUT2D eigenvalue weighted by atomic mass is 16.3. The summed E-state index contributed by atoms with van der Waals surface area (Å²) in [6.45, 7) is 3.61. The van der Waals surface area contributed by atoms with Gasteiger partial charge in [-0.1, -0.05) is 6.92 Å². The van der Waals surface area contributed by atoms with E-state index in [1.165, 1.54) is 6.20 Å². The van der Waals surface area contributed by atoms with Crippen LogP contribution >= 0.6 is 0 Å². The number of amides is 1. The zero-order valence-corrected chi connectivity index (χ0v) is 10.4. The van der Waals surface area contributed by atoms with Gasteiger partial charge in [-0.15, -0.1) is 0 Å². The molecule has 96 valence electrons. The van der Waals surface area contributed by atoms with Crippen molar-refractivity contribution in [3.63, 3.8) is 0 Å². The van der Waals surface area contributed by atoms with Crippen LogP contribution in [0.4, 0.5) is 0 Å². The molecule has 1 unspecified atom stereocenters. The van der Waals surface area contributed by atoms with E-state index in [2.05, 4.69) is 15.4 Å². The fourth-order valence-corrected chi connectivity index (χ4v) is 1.59. The number of carbonyl (C=O) groups is 1. The third-order valence-corrected chi connectivity index (χ3v) is 3.11. The SMILES string of the molecule is CCC(C)(CO)NC(=O)c1cnn2ccncc12. The lowest BCUT2D eigenvalue weighted by atomic mass is 10.00. The molecule has 0 aliphatic carbocycles. The Balaban J connectivity index is 2.29. The van der Waals surface area contributed by atoms with E-state index in [0.717, 1.165) is 0 Å². The maximum absolute atomic E-state index is 12.1. The van der Waals surface area contributed by atoms with Gasteiger partial charge in [0, 0.05) is 12.4 Å². The van der Waals surface area contributed by atoms with Gasteiger partial charge in [0.2, 0.25) is 0 Å². The van der Waals surface area contributed by atoms with Crippen LogP contribution in [0, 0.1) is 0 Å². The first kappa shape index (κ1) is 12.5. The molecule has 0 saturated heterocycles. The van der Waals surface area contributed by atoms with Crippen molar-refractivity contribution in [2.45, 2.75) is 25.8 Å². The van der Waals surface area contributed by atoms with Gasteiger partial charge in [-0.2, -0.15) is 5.10 Å². The van der Waals surface area contributed by atoms with Crippen LogP contribution in [0.1, 0.15) is 30.6 Å². The standard InChI is InChI=1S/C12H16N4O2/c1-3-12(2,8-17)15-11(18)9-6-14-16-5-4-13-7-10(9)16/h4-7,17H,3,8H2,1-2H3,(H,15,18). The molecular weight excluding hydrogens is 232 g/mol. The molecule has 2 aromatic heterocycles. The molecule has 1 atom stereocenters. The molecule has 0 spiro atoms. The number of hydrogen-bond donors (Lipinski definition) is 2. The Bertz CT molecular complexity index is 560. The van der Waals surface area contributed by atoms with Gasteiger partial charge in [-0.3, -0.25) is 9.78 Å². The zero-order valence-electron chi connectivity index (χ0n) is 10.4. The Labute approximate surface area is 105 Å². The molecule has 0 radical (unpaired) electrons. The van der Waals surface area contributed by atoms with E-state index < -0.39 is 5.54 Å². The van der Waals surface area contributed by atoms with E-state index in [4.69, 9.17) is 0 Å². The van der Waals surface area contributed by atoms with Crippen LogP contribution in [0.5, 0.6) is 0 Å². The van der Waals surface area contributed by atoms with Crippen molar-refractivity contribution in [1.82, 2.24) is 19.9 Å². The highest BCUT2D eigenvalue weighted by molar-refractivity contribution is 6.00. The first-order valence-electron chi connectivity index (χ1n) is 5.80. The third-order valence-electron chi connectivity index (χ3n) is 3.11. The third kappa shape index (κ3) is 2.19. The van der Waals surface area contributed by atoms with Gasteiger partial charge in [0.15, 0.2) is 0 Å². The van der Waals surface area contributed by atoms with Crippen LogP contribution in [-0.2, 0) is 0 Å². The Kier molecular flexibility index (Phi) is 3.29. The summed E-state index contributed by atoms with van der Waals surface area (Å²) in [7, 11) is 0. The van der Waals surface area contributed by atoms with E-state index in [1.54, 1.807) is 30.0 Å². The molecular formula is C12H16N4O2. The van der Waals surface area contributed by atoms with Crippen molar-refractivity contribution < 1.29 is 9.90 Å². The molecule has 6 heteroatoms. The Morgan fingerprint density at radius 3 is 3.00 bits per heavy atom. The summed E-state index contributed by atoms with van der Waals surface area (Å²) < 4.78 is 1.59. The second-order valence-corrected chi connectivity index (χ2v) is 4.49. The van der Waals surface area contributed by atoms with Gasteiger partial charge in [0.25, 0.3) is 5.91 Å². The second kappa shape index (κ2) is 4.73. The first-order chi connectivity index (χ1) is 8.59. The van der Waals surface area contributed by atoms with E-state index in [0.29, 0.717) is 17.5 Å². The largest absolute Gasteiger partial charge is 0.394 e. The van der Waals surface area contributed by atoms with Gasteiger partial charge in [0.1, 0.15) is 0 Å². The highest BCUT2D eigenvalue weighted by Crippen LogP contribution is 2.13. The number of aromatic nitrogens is 3. The van der Waals surface area contributed by atoms with Crippen LogP contribution in [-0.4, -0.2) is 37.8 Å². The van der Waals surface area contributed by atoms with Gasteiger partial charge < -0.3 is 10.4 Å². The van der Waals surface area contributed by atoms with Crippen LogP contribution < -0.4 is 5.32 Å². The predicted molar refractivity (Wildman–Crippen MR) is 66.2 cm³/mol.